The van der Waals surface area contributed by atoms with E-state index in [0.717, 1.165) is 23.4 Å². The van der Waals surface area contributed by atoms with E-state index in [1.165, 1.54) is 5.56 Å². The van der Waals surface area contributed by atoms with E-state index in [-0.39, 0.29) is 0 Å². The van der Waals surface area contributed by atoms with Crippen LogP contribution in [0.5, 0.6) is 11.5 Å². The number of hydrogen-bond acceptors (Lipinski definition) is 3. The van der Waals surface area contributed by atoms with Crippen LogP contribution in [-0.2, 0) is 6.54 Å². The molecule has 2 rings (SSSR count). The molecule has 2 aromatic rings. The van der Waals surface area contributed by atoms with Gasteiger partial charge in [-0.05, 0) is 31.5 Å². The van der Waals surface area contributed by atoms with Crippen LogP contribution in [0.3, 0.4) is 0 Å². The first-order valence-electron chi connectivity index (χ1n) is 7.43. The third-order valence-electron chi connectivity index (χ3n) is 3.30. The number of halogens is 1. The van der Waals surface area contributed by atoms with E-state index in [1.54, 1.807) is 13.2 Å². The van der Waals surface area contributed by atoms with Crippen LogP contribution in [0.4, 0.5) is 5.69 Å². The van der Waals surface area contributed by atoms with Gasteiger partial charge in [-0.1, -0.05) is 36.2 Å². The maximum Gasteiger partial charge on any atom is 0.166 e. The fourth-order valence-corrected chi connectivity index (χ4v) is 2.37. The van der Waals surface area contributed by atoms with E-state index in [9.17, 15) is 0 Å². The Morgan fingerprint density at radius 2 is 1.86 bits per heavy atom. The highest BCUT2D eigenvalue weighted by Gasteiger charge is 2.12. The number of hydrogen-bond donors (Lipinski definition) is 1. The van der Waals surface area contributed by atoms with Crippen molar-refractivity contribution in [3.8, 4) is 11.5 Å². The molecule has 0 spiro atoms. The molecule has 0 radical (unpaired) electrons. The second-order valence-electron chi connectivity index (χ2n) is 5.16. The summed E-state index contributed by atoms with van der Waals surface area (Å²) < 4.78 is 11.2. The lowest BCUT2D eigenvalue weighted by molar-refractivity contribution is 0.291. The van der Waals surface area contributed by atoms with Crippen LogP contribution in [0.15, 0.2) is 36.4 Å². The molecule has 4 heteroatoms. The molecule has 3 nitrogen and oxygen atoms in total. The van der Waals surface area contributed by atoms with Gasteiger partial charge in [-0.3, -0.25) is 0 Å². The predicted molar refractivity (Wildman–Crippen MR) is 92.3 cm³/mol. The zero-order chi connectivity index (χ0) is 15.9. The van der Waals surface area contributed by atoms with Crippen molar-refractivity contribution in [1.82, 2.24) is 0 Å². The minimum absolute atomic E-state index is 0.624. The normalized spacial score (nSPS) is 10.4. The standard InChI is InChI=1S/C18H22ClNO2/c1-4-9-22-18-14(10-15(19)11-17(18)21-3)12-20-16-7-5-13(2)6-8-16/h5-8,10-11,20H,4,9,12H2,1-3H3. The molecular formula is C18H22ClNO2. The molecule has 0 aliphatic carbocycles. The average Bonchev–Trinajstić information content (AvgIpc) is 2.52. The number of rotatable bonds is 7. The monoisotopic (exact) mass is 319 g/mol. The van der Waals surface area contributed by atoms with Crippen LogP contribution in [0.1, 0.15) is 24.5 Å². The Hall–Kier alpha value is -1.87. The van der Waals surface area contributed by atoms with Crippen molar-refractivity contribution in [2.75, 3.05) is 19.0 Å². The summed E-state index contributed by atoms with van der Waals surface area (Å²) >= 11 is 6.17. The van der Waals surface area contributed by atoms with E-state index in [1.807, 2.05) is 6.07 Å². The van der Waals surface area contributed by atoms with Gasteiger partial charge in [0.25, 0.3) is 0 Å². The third kappa shape index (κ3) is 4.31. The number of nitrogens with one attached hydrogen (secondary N) is 1. The second kappa shape index (κ2) is 7.95. The Labute approximate surface area is 137 Å². The Balaban J connectivity index is 2.20. The van der Waals surface area contributed by atoms with Crippen molar-refractivity contribution < 1.29 is 9.47 Å². The zero-order valence-electron chi connectivity index (χ0n) is 13.3. The number of benzene rings is 2. The van der Waals surface area contributed by atoms with Gasteiger partial charge in [-0.2, -0.15) is 0 Å². The predicted octanol–water partition coefficient (Wildman–Crippen LogP) is 5.06. The first-order valence-corrected chi connectivity index (χ1v) is 7.81. The summed E-state index contributed by atoms with van der Waals surface area (Å²) in [6.45, 7) is 5.42. The van der Waals surface area contributed by atoms with Gasteiger partial charge in [0.1, 0.15) is 0 Å². The molecule has 0 aliphatic rings. The zero-order valence-corrected chi connectivity index (χ0v) is 14.0. The molecule has 0 atom stereocenters. The minimum Gasteiger partial charge on any atom is -0.493 e. The Morgan fingerprint density at radius 3 is 2.50 bits per heavy atom. The number of methoxy groups -OCH3 is 1. The third-order valence-corrected chi connectivity index (χ3v) is 3.52. The Kier molecular flexibility index (Phi) is 5.96. The van der Waals surface area contributed by atoms with E-state index in [0.29, 0.717) is 23.9 Å². The fraction of sp³-hybridized carbons (Fsp3) is 0.333. The Bertz CT molecular complexity index is 611. The molecule has 22 heavy (non-hydrogen) atoms. The van der Waals surface area contributed by atoms with Crippen molar-refractivity contribution in [1.29, 1.82) is 0 Å². The molecule has 0 fully saturated rings. The molecule has 0 amide bonds. The van der Waals surface area contributed by atoms with Crippen LogP contribution < -0.4 is 14.8 Å². The molecule has 0 heterocycles. The van der Waals surface area contributed by atoms with E-state index < -0.39 is 0 Å². The fourth-order valence-electron chi connectivity index (χ4n) is 2.14. The summed E-state index contributed by atoms with van der Waals surface area (Å²) in [6.07, 6.45) is 0.941. The van der Waals surface area contributed by atoms with Crippen molar-refractivity contribution >= 4 is 17.3 Å². The summed E-state index contributed by atoms with van der Waals surface area (Å²) in [7, 11) is 1.63. The van der Waals surface area contributed by atoms with Crippen molar-refractivity contribution in [3.63, 3.8) is 0 Å². The van der Waals surface area contributed by atoms with Gasteiger partial charge in [-0.25, -0.2) is 0 Å². The van der Waals surface area contributed by atoms with Crippen LogP contribution in [0, 0.1) is 6.92 Å². The van der Waals surface area contributed by atoms with Gasteiger partial charge in [0, 0.05) is 28.9 Å². The molecule has 0 unspecified atom stereocenters. The van der Waals surface area contributed by atoms with E-state index in [2.05, 4.69) is 43.4 Å². The summed E-state index contributed by atoms with van der Waals surface area (Å²) in [4.78, 5) is 0. The SMILES string of the molecule is CCCOc1c(CNc2ccc(C)cc2)cc(Cl)cc1OC. The van der Waals surface area contributed by atoms with Crippen molar-refractivity contribution in [2.45, 2.75) is 26.8 Å². The molecule has 0 saturated carbocycles. The molecule has 0 aliphatic heterocycles. The largest absolute Gasteiger partial charge is 0.493 e. The number of ether oxygens (including phenoxy) is 2. The topological polar surface area (TPSA) is 30.5 Å². The average molecular weight is 320 g/mol. The first kappa shape index (κ1) is 16.5. The van der Waals surface area contributed by atoms with Crippen LogP contribution in [-0.4, -0.2) is 13.7 Å². The van der Waals surface area contributed by atoms with Gasteiger partial charge in [0.05, 0.1) is 13.7 Å². The molecule has 2 aromatic carbocycles. The second-order valence-corrected chi connectivity index (χ2v) is 5.60. The summed E-state index contributed by atoms with van der Waals surface area (Å²) in [6, 6.07) is 12.0. The number of anilines is 1. The highest BCUT2D eigenvalue weighted by Crippen LogP contribution is 2.35. The highest BCUT2D eigenvalue weighted by molar-refractivity contribution is 6.30. The van der Waals surface area contributed by atoms with Crippen LogP contribution in [0.25, 0.3) is 0 Å². The van der Waals surface area contributed by atoms with Crippen LogP contribution in [0.2, 0.25) is 5.02 Å². The van der Waals surface area contributed by atoms with Crippen molar-refractivity contribution in [3.05, 3.63) is 52.5 Å². The van der Waals surface area contributed by atoms with Crippen LogP contribution >= 0.6 is 11.6 Å². The minimum atomic E-state index is 0.624. The van der Waals surface area contributed by atoms with Gasteiger partial charge >= 0.3 is 0 Å². The maximum absolute atomic E-state index is 6.17. The lowest BCUT2D eigenvalue weighted by Crippen LogP contribution is -2.06. The Morgan fingerprint density at radius 1 is 1.14 bits per heavy atom. The molecule has 0 saturated heterocycles. The number of aryl methyl sites for hydroxylation is 1. The van der Waals surface area contributed by atoms with E-state index >= 15 is 0 Å². The van der Waals surface area contributed by atoms with Gasteiger partial charge in [-0.15, -0.1) is 0 Å². The molecular weight excluding hydrogens is 298 g/mol. The smallest absolute Gasteiger partial charge is 0.166 e. The lowest BCUT2D eigenvalue weighted by Gasteiger charge is -2.16. The summed E-state index contributed by atoms with van der Waals surface area (Å²) in [5, 5.41) is 4.03. The van der Waals surface area contributed by atoms with Gasteiger partial charge < -0.3 is 14.8 Å². The lowest BCUT2D eigenvalue weighted by atomic mass is 10.1. The van der Waals surface area contributed by atoms with Gasteiger partial charge in [0.2, 0.25) is 0 Å². The van der Waals surface area contributed by atoms with E-state index in [4.69, 9.17) is 21.1 Å². The molecule has 118 valence electrons. The molecule has 0 bridgehead atoms. The molecule has 0 aromatic heterocycles. The first-order chi connectivity index (χ1) is 10.6. The summed E-state index contributed by atoms with van der Waals surface area (Å²) in [5.41, 5.74) is 3.28. The van der Waals surface area contributed by atoms with Crippen molar-refractivity contribution in [2.24, 2.45) is 0 Å². The quantitative estimate of drug-likeness (QED) is 0.774. The maximum atomic E-state index is 6.17. The summed E-state index contributed by atoms with van der Waals surface area (Å²) in [5.74, 6) is 1.43. The molecule has 1 N–H and O–H groups in total. The van der Waals surface area contributed by atoms with Gasteiger partial charge in [0.15, 0.2) is 11.5 Å². The highest BCUT2D eigenvalue weighted by atomic mass is 35.5.